The Morgan fingerprint density at radius 1 is 1.32 bits per heavy atom. The first kappa shape index (κ1) is 14.1. The summed E-state index contributed by atoms with van der Waals surface area (Å²) in [6, 6.07) is 10.8. The third-order valence-electron chi connectivity index (χ3n) is 2.93. The molecular weight excluding hydrogens is 256 g/mol. The van der Waals surface area contributed by atoms with Crippen molar-refractivity contribution in [3.05, 3.63) is 47.8 Å². The molecule has 0 aliphatic heterocycles. The minimum absolute atomic E-state index is 0.223. The van der Waals surface area contributed by atoms with E-state index >= 15 is 0 Å². The van der Waals surface area contributed by atoms with E-state index in [1.54, 1.807) is 0 Å². The molecule has 3 N–H and O–H groups in total. The second kappa shape index (κ2) is 6.75. The van der Waals surface area contributed by atoms with Crippen molar-refractivity contribution < 1.29 is 0 Å². The summed E-state index contributed by atoms with van der Waals surface area (Å²) in [6.45, 7) is 2.10. The van der Waals surface area contributed by atoms with Crippen molar-refractivity contribution >= 4 is 11.8 Å². The van der Waals surface area contributed by atoms with Gasteiger partial charge in [0, 0.05) is 36.4 Å². The summed E-state index contributed by atoms with van der Waals surface area (Å²) < 4.78 is 1.82. The molecule has 1 aromatic heterocycles. The highest BCUT2D eigenvalue weighted by atomic mass is 32.2. The van der Waals surface area contributed by atoms with Crippen molar-refractivity contribution in [2.75, 3.05) is 5.75 Å². The van der Waals surface area contributed by atoms with Gasteiger partial charge in [0.2, 0.25) is 0 Å². The summed E-state index contributed by atoms with van der Waals surface area (Å²) in [6.07, 6.45) is 2.80. The summed E-state index contributed by atoms with van der Waals surface area (Å²) in [4.78, 5) is 1.27. The Hall–Kier alpha value is -1.30. The van der Waals surface area contributed by atoms with E-state index in [0.29, 0.717) is 0 Å². The lowest BCUT2D eigenvalue weighted by molar-refractivity contribution is 0.564. The third kappa shape index (κ3) is 4.38. The Labute approximate surface area is 118 Å². The van der Waals surface area contributed by atoms with Crippen molar-refractivity contribution in [3.63, 3.8) is 0 Å². The van der Waals surface area contributed by atoms with Crippen molar-refractivity contribution in [2.45, 2.75) is 24.3 Å². The molecular formula is C14H20N4S. The van der Waals surface area contributed by atoms with Gasteiger partial charge in [-0.1, -0.05) is 17.7 Å². The number of nitrogens with two attached hydrogens (primary N) is 1. The van der Waals surface area contributed by atoms with E-state index in [2.05, 4.69) is 41.7 Å². The fourth-order valence-electron chi connectivity index (χ4n) is 1.82. The van der Waals surface area contributed by atoms with Crippen LogP contribution in [0, 0.1) is 6.92 Å². The number of hydrazine groups is 1. The molecule has 0 saturated heterocycles. The molecule has 0 amide bonds. The number of benzene rings is 1. The SMILES string of the molecule is Cc1ccc(SCC(Cc2ccn(C)n2)NN)cc1. The molecule has 5 heteroatoms. The second-order valence-electron chi connectivity index (χ2n) is 4.67. The van der Waals surface area contributed by atoms with Gasteiger partial charge in [0.1, 0.15) is 0 Å². The van der Waals surface area contributed by atoms with E-state index in [9.17, 15) is 0 Å². The topological polar surface area (TPSA) is 55.9 Å². The van der Waals surface area contributed by atoms with E-state index < -0.39 is 0 Å². The Bertz CT molecular complexity index is 506. The maximum absolute atomic E-state index is 5.62. The normalized spacial score (nSPS) is 12.6. The molecule has 0 fully saturated rings. The maximum atomic E-state index is 5.62. The summed E-state index contributed by atoms with van der Waals surface area (Å²) in [7, 11) is 1.93. The second-order valence-corrected chi connectivity index (χ2v) is 5.77. The molecule has 1 unspecified atom stereocenters. The number of nitrogens with one attached hydrogen (secondary N) is 1. The maximum Gasteiger partial charge on any atom is 0.0640 e. The lowest BCUT2D eigenvalue weighted by Crippen LogP contribution is -2.38. The summed E-state index contributed by atoms with van der Waals surface area (Å²) in [5.74, 6) is 6.54. The monoisotopic (exact) mass is 276 g/mol. The highest BCUT2D eigenvalue weighted by Gasteiger charge is 2.10. The van der Waals surface area contributed by atoms with Crippen LogP contribution >= 0.6 is 11.8 Å². The van der Waals surface area contributed by atoms with Crippen LogP contribution in [-0.2, 0) is 13.5 Å². The highest BCUT2D eigenvalue weighted by Crippen LogP contribution is 2.19. The van der Waals surface area contributed by atoms with Crippen molar-refractivity contribution in [2.24, 2.45) is 12.9 Å². The van der Waals surface area contributed by atoms with Crippen LogP contribution < -0.4 is 11.3 Å². The van der Waals surface area contributed by atoms with Gasteiger partial charge >= 0.3 is 0 Å². The van der Waals surface area contributed by atoms with Gasteiger partial charge in [-0.2, -0.15) is 5.10 Å². The van der Waals surface area contributed by atoms with Crippen LogP contribution in [0.3, 0.4) is 0 Å². The van der Waals surface area contributed by atoms with Crippen LogP contribution in [0.4, 0.5) is 0 Å². The lowest BCUT2D eigenvalue weighted by atomic mass is 10.2. The quantitative estimate of drug-likeness (QED) is 0.481. The zero-order valence-corrected chi connectivity index (χ0v) is 12.2. The van der Waals surface area contributed by atoms with Crippen LogP contribution in [0.5, 0.6) is 0 Å². The molecule has 1 atom stereocenters. The van der Waals surface area contributed by atoms with Gasteiger partial charge < -0.3 is 0 Å². The van der Waals surface area contributed by atoms with Crippen molar-refractivity contribution in [1.82, 2.24) is 15.2 Å². The number of thioether (sulfide) groups is 1. The number of hydrogen-bond donors (Lipinski definition) is 2. The largest absolute Gasteiger partial charge is 0.276 e. The Kier molecular flexibility index (Phi) is 5.01. The molecule has 1 heterocycles. The Balaban J connectivity index is 1.87. The van der Waals surface area contributed by atoms with Crippen molar-refractivity contribution in [3.8, 4) is 0 Å². The minimum Gasteiger partial charge on any atom is -0.276 e. The van der Waals surface area contributed by atoms with E-state index in [-0.39, 0.29) is 6.04 Å². The molecule has 1 aromatic carbocycles. The summed E-state index contributed by atoms with van der Waals surface area (Å²) in [5, 5.41) is 4.38. The summed E-state index contributed by atoms with van der Waals surface area (Å²) >= 11 is 1.81. The molecule has 0 bridgehead atoms. The van der Waals surface area contributed by atoms with Gasteiger partial charge in [-0.3, -0.25) is 16.0 Å². The predicted octanol–water partition coefficient (Wildman–Crippen LogP) is 1.90. The number of aromatic nitrogens is 2. The van der Waals surface area contributed by atoms with Gasteiger partial charge in [-0.15, -0.1) is 11.8 Å². The molecule has 0 saturated carbocycles. The molecule has 2 rings (SSSR count). The van der Waals surface area contributed by atoms with Gasteiger partial charge in [-0.05, 0) is 25.1 Å². The van der Waals surface area contributed by atoms with E-state index in [0.717, 1.165) is 17.9 Å². The van der Waals surface area contributed by atoms with E-state index in [4.69, 9.17) is 5.84 Å². The number of hydrogen-bond acceptors (Lipinski definition) is 4. The zero-order chi connectivity index (χ0) is 13.7. The fraction of sp³-hybridized carbons (Fsp3) is 0.357. The average Bonchev–Trinajstić information content (AvgIpc) is 2.82. The first-order valence-electron chi connectivity index (χ1n) is 6.31. The number of aryl methyl sites for hydroxylation is 2. The molecule has 19 heavy (non-hydrogen) atoms. The van der Waals surface area contributed by atoms with Crippen molar-refractivity contribution in [1.29, 1.82) is 0 Å². The van der Waals surface area contributed by atoms with E-state index in [1.165, 1.54) is 10.5 Å². The number of rotatable bonds is 6. The molecule has 0 aliphatic rings. The fourth-order valence-corrected chi connectivity index (χ4v) is 2.76. The lowest BCUT2D eigenvalue weighted by Gasteiger charge is -2.14. The molecule has 2 aromatic rings. The van der Waals surface area contributed by atoms with E-state index in [1.807, 2.05) is 35.8 Å². The molecule has 0 spiro atoms. The molecule has 102 valence electrons. The summed E-state index contributed by atoms with van der Waals surface area (Å²) in [5.41, 5.74) is 5.22. The predicted molar refractivity (Wildman–Crippen MR) is 79.9 cm³/mol. The van der Waals surface area contributed by atoms with Crippen LogP contribution in [0.15, 0.2) is 41.4 Å². The number of nitrogens with zero attached hydrogens (tertiary/aromatic N) is 2. The standard InChI is InChI=1S/C14H20N4S/c1-11-3-5-14(6-4-11)19-10-13(16-15)9-12-7-8-18(2)17-12/h3-8,13,16H,9-10,15H2,1-2H3. The highest BCUT2D eigenvalue weighted by molar-refractivity contribution is 7.99. The average molecular weight is 276 g/mol. The Morgan fingerprint density at radius 3 is 2.63 bits per heavy atom. The first-order chi connectivity index (χ1) is 9.17. The minimum atomic E-state index is 0.223. The van der Waals surface area contributed by atoms with Gasteiger partial charge in [0.25, 0.3) is 0 Å². The smallest absolute Gasteiger partial charge is 0.0640 e. The van der Waals surface area contributed by atoms with Crippen LogP contribution in [-0.4, -0.2) is 21.6 Å². The van der Waals surface area contributed by atoms with Gasteiger partial charge in [0.15, 0.2) is 0 Å². The zero-order valence-electron chi connectivity index (χ0n) is 11.3. The van der Waals surface area contributed by atoms with Crippen LogP contribution in [0.1, 0.15) is 11.3 Å². The third-order valence-corrected chi connectivity index (χ3v) is 4.11. The van der Waals surface area contributed by atoms with Crippen LogP contribution in [0.2, 0.25) is 0 Å². The Morgan fingerprint density at radius 2 is 2.05 bits per heavy atom. The first-order valence-corrected chi connectivity index (χ1v) is 7.30. The van der Waals surface area contributed by atoms with Gasteiger partial charge in [-0.25, -0.2) is 0 Å². The molecule has 4 nitrogen and oxygen atoms in total. The van der Waals surface area contributed by atoms with Crippen LogP contribution in [0.25, 0.3) is 0 Å². The van der Waals surface area contributed by atoms with Gasteiger partial charge in [0.05, 0.1) is 5.69 Å². The molecule has 0 radical (unpaired) electrons. The molecule has 0 aliphatic carbocycles.